The second-order valence-electron chi connectivity index (χ2n) is 6.51. The minimum Gasteiger partial charge on any atom is -0.508 e. The van der Waals surface area contributed by atoms with Gasteiger partial charge in [0.1, 0.15) is 11.6 Å². The average Bonchev–Trinajstić information content (AvgIpc) is 3.26. The smallest absolute Gasteiger partial charge is 0.271 e. The molecule has 5 N–H and O–H groups in total. The maximum atomic E-state index is 11.7. The number of benzene rings is 2. The molecule has 2 aromatic carbocycles. The van der Waals surface area contributed by atoms with E-state index < -0.39 is 0 Å². The maximum absolute atomic E-state index is 11.7. The molecule has 0 saturated heterocycles. The molecular weight excluding hydrogens is 390 g/mol. The standard InChI is InChI=1S/C19H15N7O2S/c1-9-6-16(25-23-9)21-17-12-4-2-10(27)7-14(12)20-19(22-17)29-11-3-5-13-15(8-11)24-26-18(13)28/h2-8,27H,1H3,(H2,24,26,28)(H2,20,21,22,23,25). The van der Waals surface area contributed by atoms with E-state index in [1.807, 2.05) is 25.1 Å². The summed E-state index contributed by atoms with van der Waals surface area (Å²) in [7, 11) is 0. The van der Waals surface area contributed by atoms with Crippen LogP contribution in [-0.4, -0.2) is 35.5 Å². The van der Waals surface area contributed by atoms with E-state index in [1.165, 1.54) is 11.8 Å². The highest BCUT2D eigenvalue weighted by atomic mass is 32.2. The van der Waals surface area contributed by atoms with Gasteiger partial charge in [0, 0.05) is 28.1 Å². The summed E-state index contributed by atoms with van der Waals surface area (Å²) in [6.45, 7) is 1.91. The Kier molecular flexibility index (Phi) is 3.98. The number of nitrogens with zero attached hydrogens (tertiary/aromatic N) is 3. The molecular formula is C19H15N7O2S. The van der Waals surface area contributed by atoms with Gasteiger partial charge in [-0.1, -0.05) is 0 Å². The van der Waals surface area contributed by atoms with Crippen molar-refractivity contribution in [3.63, 3.8) is 0 Å². The summed E-state index contributed by atoms with van der Waals surface area (Å²) in [4.78, 5) is 21.8. The van der Waals surface area contributed by atoms with Crippen LogP contribution >= 0.6 is 11.8 Å². The average molecular weight is 405 g/mol. The minimum atomic E-state index is -0.158. The fourth-order valence-electron chi connectivity index (χ4n) is 3.03. The molecule has 10 heteroatoms. The zero-order valence-corrected chi connectivity index (χ0v) is 16.0. The number of hydrogen-bond acceptors (Lipinski definition) is 7. The number of hydrogen-bond donors (Lipinski definition) is 5. The summed E-state index contributed by atoms with van der Waals surface area (Å²) in [5.41, 5.74) is 2.08. The first-order valence-electron chi connectivity index (χ1n) is 8.73. The van der Waals surface area contributed by atoms with Crippen LogP contribution in [0.5, 0.6) is 5.75 Å². The number of aromatic amines is 3. The van der Waals surface area contributed by atoms with Gasteiger partial charge in [-0.15, -0.1) is 0 Å². The Hall–Kier alpha value is -3.79. The molecule has 0 amide bonds. The lowest BCUT2D eigenvalue weighted by Gasteiger charge is -2.09. The number of phenolic OH excluding ortho intramolecular Hbond substituents is 1. The molecule has 0 aliphatic heterocycles. The Morgan fingerprint density at radius 3 is 2.72 bits per heavy atom. The lowest BCUT2D eigenvalue weighted by Crippen LogP contribution is -1.99. The van der Waals surface area contributed by atoms with Gasteiger partial charge in [-0.25, -0.2) is 9.97 Å². The van der Waals surface area contributed by atoms with Gasteiger partial charge in [0.15, 0.2) is 11.0 Å². The van der Waals surface area contributed by atoms with Gasteiger partial charge in [-0.05, 0) is 49.0 Å². The quantitative estimate of drug-likeness (QED) is 0.289. The van der Waals surface area contributed by atoms with E-state index in [4.69, 9.17) is 0 Å². The number of H-pyrrole nitrogens is 3. The fraction of sp³-hybridized carbons (Fsp3) is 0.0526. The SMILES string of the molecule is Cc1cc(Nc2nc(Sc3ccc4c(=O)[nH][nH]c4c3)nc3cc(O)ccc23)n[nH]1. The predicted molar refractivity (Wildman–Crippen MR) is 111 cm³/mol. The number of rotatable bonds is 4. The Bertz CT molecular complexity index is 1420. The maximum Gasteiger partial charge on any atom is 0.271 e. The van der Waals surface area contributed by atoms with Gasteiger partial charge in [0.2, 0.25) is 0 Å². The van der Waals surface area contributed by atoms with E-state index in [-0.39, 0.29) is 11.3 Å². The van der Waals surface area contributed by atoms with E-state index in [2.05, 4.69) is 35.7 Å². The number of aromatic hydroxyl groups is 1. The summed E-state index contributed by atoms with van der Waals surface area (Å²) in [5, 5.41) is 27.4. The van der Waals surface area contributed by atoms with Crippen molar-refractivity contribution in [1.82, 2.24) is 30.4 Å². The molecule has 0 aliphatic rings. The Morgan fingerprint density at radius 2 is 1.90 bits per heavy atom. The second-order valence-corrected chi connectivity index (χ2v) is 7.55. The van der Waals surface area contributed by atoms with Gasteiger partial charge in [-0.2, -0.15) is 5.10 Å². The molecule has 3 heterocycles. The molecule has 144 valence electrons. The van der Waals surface area contributed by atoms with Crippen molar-refractivity contribution in [1.29, 1.82) is 0 Å². The van der Waals surface area contributed by atoms with Crippen molar-refractivity contribution in [2.75, 3.05) is 5.32 Å². The van der Waals surface area contributed by atoms with E-state index in [9.17, 15) is 9.90 Å². The zero-order chi connectivity index (χ0) is 20.0. The first kappa shape index (κ1) is 17.3. The van der Waals surface area contributed by atoms with E-state index >= 15 is 0 Å². The molecule has 0 fully saturated rings. The van der Waals surface area contributed by atoms with Gasteiger partial charge in [0.25, 0.3) is 5.56 Å². The number of nitrogens with one attached hydrogen (secondary N) is 4. The van der Waals surface area contributed by atoms with Gasteiger partial charge >= 0.3 is 0 Å². The number of anilines is 2. The molecule has 0 saturated carbocycles. The normalized spacial score (nSPS) is 11.3. The van der Waals surface area contributed by atoms with Crippen LogP contribution in [0.15, 0.2) is 57.3 Å². The molecule has 0 aliphatic carbocycles. The molecule has 29 heavy (non-hydrogen) atoms. The summed E-state index contributed by atoms with van der Waals surface area (Å²) in [6.07, 6.45) is 0. The zero-order valence-electron chi connectivity index (χ0n) is 15.1. The Morgan fingerprint density at radius 1 is 1.03 bits per heavy atom. The van der Waals surface area contributed by atoms with Crippen LogP contribution in [0.1, 0.15) is 5.69 Å². The molecule has 0 bridgehead atoms. The van der Waals surface area contributed by atoms with Gasteiger partial charge in [0.05, 0.1) is 16.4 Å². The Labute approximate surface area is 167 Å². The number of fused-ring (bicyclic) bond motifs is 2. The highest BCUT2D eigenvalue weighted by Crippen LogP contribution is 2.32. The summed E-state index contributed by atoms with van der Waals surface area (Å²) in [5.74, 6) is 1.35. The first-order chi connectivity index (χ1) is 14.0. The predicted octanol–water partition coefficient (Wildman–Crippen LogP) is 3.43. The van der Waals surface area contributed by atoms with Crippen LogP contribution in [-0.2, 0) is 0 Å². The first-order valence-corrected chi connectivity index (χ1v) is 9.55. The molecule has 0 spiro atoms. The van der Waals surface area contributed by atoms with E-state index in [1.54, 1.807) is 24.3 Å². The monoisotopic (exact) mass is 405 g/mol. The molecule has 0 radical (unpaired) electrons. The Balaban J connectivity index is 1.57. The minimum absolute atomic E-state index is 0.125. The van der Waals surface area contributed by atoms with Gasteiger partial charge < -0.3 is 10.4 Å². The second kappa shape index (κ2) is 6.67. The van der Waals surface area contributed by atoms with Crippen molar-refractivity contribution in [3.8, 4) is 5.75 Å². The van der Waals surface area contributed by atoms with Crippen molar-refractivity contribution in [2.45, 2.75) is 17.0 Å². The van der Waals surface area contributed by atoms with Crippen molar-refractivity contribution in [3.05, 3.63) is 58.5 Å². The van der Waals surface area contributed by atoms with E-state index in [0.717, 1.165) is 16.0 Å². The molecule has 0 atom stereocenters. The number of phenols is 1. The van der Waals surface area contributed by atoms with Crippen LogP contribution in [0.25, 0.3) is 21.8 Å². The van der Waals surface area contributed by atoms with Crippen molar-refractivity contribution in [2.24, 2.45) is 0 Å². The van der Waals surface area contributed by atoms with Crippen LogP contribution in [0.2, 0.25) is 0 Å². The van der Waals surface area contributed by atoms with Gasteiger partial charge in [-0.3, -0.25) is 20.1 Å². The third-order valence-corrected chi connectivity index (χ3v) is 5.22. The third kappa shape index (κ3) is 3.29. The third-order valence-electron chi connectivity index (χ3n) is 4.37. The summed E-state index contributed by atoms with van der Waals surface area (Å²) in [6, 6.07) is 12.3. The summed E-state index contributed by atoms with van der Waals surface area (Å²) >= 11 is 1.35. The van der Waals surface area contributed by atoms with Crippen molar-refractivity contribution < 1.29 is 5.11 Å². The topological polar surface area (TPSA) is 135 Å². The molecule has 0 unspecified atom stereocenters. The van der Waals surface area contributed by atoms with E-state index in [0.29, 0.717) is 33.2 Å². The van der Waals surface area contributed by atoms with Crippen LogP contribution in [0.3, 0.4) is 0 Å². The number of aryl methyl sites for hydroxylation is 1. The highest BCUT2D eigenvalue weighted by molar-refractivity contribution is 7.99. The molecule has 5 aromatic rings. The van der Waals surface area contributed by atoms with Crippen LogP contribution < -0.4 is 10.9 Å². The highest BCUT2D eigenvalue weighted by Gasteiger charge is 2.12. The molecule has 5 rings (SSSR count). The largest absolute Gasteiger partial charge is 0.508 e. The van der Waals surface area contributed by atoms with Crippen molar-refractivity contribution >= 4 is 45.2 Å². The lowest BCUT2D eigenvalue weighted by molar-refractivity contribution is 0.476. The fourth-order valence-corrected chi connectivity index (χ4v) is 3.83. The number of aromatic nitrogens is 6. The van der Waals surface area contributed by atoms with Crippen LogP contribution in [0.4, 0.5) is 11.6 Å². The lowest BCUT2D eigenvalue weighted by atomic mass is 10.2. The summed E-state index contributed by atoms with van der Waals surface area (Å²) < 4.78 is 0. The van der Waals surface area contributed by atoms with Crippen LogP contribution in [0, 0.1) is 6.92 Å². The molecule has 9 nitrogen and oxygen atoms in total. The molecule has 3 aromatic heterocycles.